The molecule has 0 radical (unpaired) electrons. The summed E-state index contributed by atoms with van der Waals surface area (Å²) < 4.78 is 3.41. The van der Waals surface area contributed by atoms with E-state index in [0.717, 1.165) is 22.3 Å². The first-order chi connectivity index (χ1) is 16.2. The van der Waals surface area contributed by atoms with Crippen molar-refractivity contribution in [3.8, 4) is 11.5 Å². The molecule has 164 valence electrons. The number of amides is 1. The van der Waals surface area contributed by atoms with Gasteiger partial charge < -0.3 is 5.32 Å². The number of para-hydroxylation sites is 1. The zero-order valence-electron chi connectivity index (χ0n) is 18.4. The molecule has 0 aliphatic carbocycles. The summed E-state index contributed by atoms with van der Waals surface area (Å²) in [6.07, 6.45) is 3.89. The third kappa shape index (κ3) is 3.87. The van der Waals surface area contributed by atoms with Gasteiger partial charge in [-0.2, -0.15) is 14.9 Å². The van der Waals surface area contributed by atoms with Crippen LogP contribution in [-0.4, -0.2) is 35.4 Å². The smallest absolute Gasteiger partial charge is 0.233 e. The lowest BCUT2D eigenvalue weighted by molar-refractivity contribution is -0.117. The van der Waals surface area contributed by atoms with Gasteiger partial charge >= 0.3 is 0 Å². The van der Waals surface area contributed by atoms with E-state index in [2.05, 4.69) is 25.5 Å². The second-order valence-electron chi connectivity index (χ2n) is 7.77. The number of hydrogen-bond acceptors (Lipinski definition) is 5. The fourth-order valence-corrected chi connectivity index (χ4v) is 3.98. The lowest BCUT2D eigenvalue weighted by atomic mass is 9.96. The van der Waals surface area contributed by atoms with Gasteiger partial charge in [-0.05, 0) is 31.0 Å². The summed E-state index contributed by atoms with van der Waals surface area (Å²) in [6.45, 7) is 3.89. The van der Waals surface area contributed by atoms with Crippen molar-refractivity contribution in [1.29, 1.82) is 0 Å². The van der Waals surface area contributed by atoms with Crippen LogP contribution in [0.3, 0.4) is 0 Å². The van der Waals surface area contributed by atoms with Gasteiger partial charge in [0.15, 0.2) is 11.5 Å². The number of aryl methyl sites for hydroxylation is 1. The standard InChI is InChI=1S/C25H23N7O/c1-3-20(18-10-6-4-7-11-18)25(33)29-22-14-17(2)30-32(22)24-21-15-28-31(23(21)26-16-27-24)19-12-8-5-9-13-19/h4-16,20H,3H2,1-2H3,(H,29,33)/t20-/m1/s1. The quantitative estimate of drug-likeness (QED) is 0.424. The molecule has 0 spiro atoms. The molecule has 1 amide bonds. The Morgan fingerprint density at radius 2 is 1.73 bits per heavy atom. The fourth-order valence-electron chi connectivity index (χ4n) is 3.98. The highest BCUT2D eigenvalue weighted by Gasteiger charge is 2.22. The molecule has 0 saturated carbocycles. The van der Waals surface area contributed by atoms with Gasteiger partial charge in [0.05, 0.1) is 28.9 Å². The molecule has 8 nitrogen and oxygen atoms in total. The van der Waals surface area contributed by atoms with Crippen LogP contribution in [0.1, 0.15) is 30.5 Å². The van der Waals surface area contributed by atoms with Gasteiger partial charge in [0.2, 0.25) is 5.91 Å². The summed E-state index contributed by atoms with van der Waals surface area (Å²) in [6, 6.07) is 21.4. The number of nitrogens with zero attached hydrogens (tertiary/aromatic N) is 6. The highest BCUT2D eigenvalue weighted by atomic mass is 16.2. The number of rotatable bonds is 6. The molecule has 0 unspecified atom stereocenters. The Labute approximate surface area is 190 Å². The van der Waals surface area contributed by atoms with E-state index in [0.29, 0.717) is 23.7 Å². The van der Waals surface area contributed by atoms with E-state index in [1.165, 1.54) is 6.33 Å². The monoisotopic (exact) mass is 437 g/mol. The first kappa shape index (κ1) is 20.6. The maximum atomic E-state index is 13.2. The average molecular weight is 438 g/mol. The van der Waals surface area contributed by atoms with Gasteiger partial charge in [0.25, 0.3) is 0 Å². The molecule has 0 aliphatic heterocycles. The van der Waals surface area contributed by atoms with Crippen molar-refractivity contribution in [2.45, 2.75) is 26.2 Å². The van der Waals surface area contributed by atoms with Crippen LogP contribution in [0.15, 0.2) is 79.3 Å². The maximum absolute atomic E-state index is 13.2. The van der Waals surface area contributed by atoms with Crippen LogP contribution in [0.25, 0.3) is 22.5 Å². The Morgan fingerprint density at radius 1 is 1.00 bits per heavy atom. The summed E-state index contributed by atoms with van der Waals surface area (Å²) >= 11 is 0. The molecule has 8 heteroatoms. The topological polar surface area (TPSA) is 90.5 Å². The van der Waals surface area contributed by atoms with Crippen LogP contribution in [0, 0.1) is 6.92 Å². The van der Waals surface area contributed by atoms with Crippen molar-refractivity contribution >= 4 is 22.8 Å². The van der Waals surface area contributed by atoms with E-state index in [-0.39, 0.29) is 11.8 Å². The molecular weight excluding hydrogens is 414 g/mol. The van der Waals surface area contributed by atoms with Crippen LogP contribution in [0.4, 0.5) is 5.82 Å². The van der Waals surface area contributed by atoms with Crippen LogP contribution >= 0.6 is 0 Å². The molecule has 2 aromatic carbocycles. The highest BCUT2D eigenvalue weighted by molar-refractivity contribution is 5.96. The second-order valence-corrected chi connectivity index (χ2v) is 7.77. The molecule has 5 aromatic rings. The zero-order chi connectivity index (χ0) is 22.8. The van der Waals surface area contributed by atoms with Gasteiger partial charge in [0.1, 0.15) is 12.1 Å². The first-order valence-electron chi connectivity index (χ1n) is 10.8. The number of carbonyl (C=O) groups excluding carboxylic acids is 1. The number of aromatic nitrogens is 6. The molecule has 33 heavy (non-hydrogen) atoms. The zero-order valence-corrected chi connectivity index (χ0v) is 18.4. The van der Waals surface area contributed by atoms with Gasteiger partial charge in [-0.25, -0.2) is 14.6 Å². The van der Waals surface area contributed by atoms with Crippen LogP contribution < -0.4 is 5.32 Å². The predicted octanol–water partition coefficient (Wildman–Crippen LogP) is 4.44. The molecule has 1 N–H and O–H groups in total. The Kier molecular flexibility index (Phi) is 5.40. The van der Waals surface area contributed by atoms with E-state index in [4.69, 9.17) is 0 Å². The third-order valence-corrected chi connectivity index (χ3v) is 5.56. The number of benzene rings is 2. The number of anilines is 1. The van der Waals surface area contributed by atoms with Crippen LogP contribution in [0.5, 0.6) is 0 Å². The second kappa shape index (κ2) is 8.66. The minimum absolute atomic E-state index is 0.0878. The van der Waals surface area contributed by atoms with Crippen LogP contribution in [-0.2, 0) is 4.79 Å². The molecule has 0 saturated heterocycles. The minimum atomic E-state index is -0.263. The predicted molar refractivity (Wildman–Crippen MR) is 127 cm³/mol. The Balaban J connectivity index is 1.53. The molecule has 5 rings (SSSR count). The van der Waals surface area contributed by atoms with E-state index < -0.39 is 0 Å². The van der Waals surface area contributed by atoms with Gasteiger partial charge in [-0.15, -0.1) is 0 Å². The van der Waals surface area contributed by atoms with E-state index in [1.807, 2.05) is 80.6 Å². The van der Waals surface area contributed by atoms with Gasteiger partial charge in [0, 0.05) is 6.07 Å². The summed E-state index contributed by atoms with van der Waals surface area (Å²) in [7, 11) is 0. The van der Waals surface area contributed by atoms with Crippen molar-refractivity contribution in [3.05, 3.63) is 90.5 Å². The molecule has 1 atom stereocenters. The SMILES string of the molecule is CC[C@@H](C(=O)Nc1cc(C)nn1-c1ncnc2c1cnn2-c1ccccc1)c1ccccc1. The van der Waals surface area contributed by atoms with Crippen molar-refractivity contribution in [2.24, 2.45) is 0 Å². The van der Waals surface area contributed by atoms with Crippen molar-refractivity contribution in [1.82, 2.24) is 29.5 Å². The third-order valence-electron chi connectivity index (χ3n) is 5.56. The number of carbonyl (C=O) groups is 1. The van der Waals surface area contributed by atoms with Crippen molar-refractivity contribution < 1.29 is 4.79 Å². The van der Waals surface area contributed by atoms with Gasteiger partial charge in [-0.3, -0.25) is 4.79 Å². The van der Waals surface area contributed by atoms with Gasteiger partial charge in [-0.1, -0.05) is 55.5 Å². The molecule has 3 heterocycles. The molecular formula is C25H23N7O. The summed E-state index contributed by atoms with van der Waals surface area (Å²) in [5.74, 6) is 0.758. The first-order valence-corrected chi connectivity index (χ1v) is 10.8. The highest BCUT2D eigenvalue weighted by Crippen LogP contribution is 2.26. The van der Waals surface area contributed by atoms with Crippen molar-refractivity contribution in [3.63, 3.8) is 0 Å². The summed E-state index contributed by atoms with van der Waals surface area (Å²) in [4.78, 5) is 22.1. The Bertz CT molecular complexity index is 1410. The Hall–Kier alpha value is -4.33. The lowest BCUT2D eigenvalue weighted by Gasteiger charge is -2.16. The average Bonchev–Trinajstić information content (AvgIpc) is 3.44. The fraction of sp³-hybridized carbons (Fsp3) is 0.160. The van der Waals surface area contributed by atoms with E-state index in [1.54, 1.807) is 15.6 Å². The lowest BCUT2D eigenvalue weighted by Crippen LogP contribution is -2.22. The minimum Gasteiger partial charge on any atom is -0.310 e. The summed E-state index contributed by atoms with van der Waals surface area (Å²) in [5, 5.41) is 12.9. The van der Waals surface area contributed by atoms with E-state index >= 15 is 0 Å². The van der Waals surface area contributed by atoms with E-state index in [9.17, 15) is 4.79 Å². The number of fused-ring (bicyclic) bond motifs is 1. The number of nitrogens with one attached hydrogen (secondary N) is 1. The molecule has 3 aromatic heterocycles. The van der Waals surface area contributed by atoms with Crippen LogP contribution in [0.2, 0.25) is 0 Å². The number of hydrogen-bond donors (Lipinski definition) is 1. The largest absolute Gasteiger partial charge is 0.310 e. The molecule has 0 bridgehead atoms. The Morgan fingerprint density at radius 3 is 2.45 bits per heavy atom. The maximum Gasteiger partial charge on any atom is 0.233 e. The molecule has 0 aliphatic rings. The van der Waals surface area contributed by atoms with Crippen molar-refractivity contribution in [2.75, 3.05) is 5.32 Å². The molecule has 0 fully saturated rings. The normalized spacial score (nSPS) is 12.1. The summed E-state index contributed by atoms with van der Waals surface area (Å²) in [5.41, 5.74) is 3.30.